The number of hydrogen-bond acceptors (Lipinski definition) is 5. The van der Waals surface area contributed by atoms with Crippen LogP contribution in [0.2, 0.25) is 0 Å². The smallest absolute Gasteiger partial charge is 0.269 e. The predicted octanol–water partition coefficient (Wildman–Crippen LogP) is 3.53. The Hall–Kier alpha value is -3.52. The molecule has 0 radical (unpaired) electrons. The number of thiophene rings is 1. The molecule has 0 saturated carbocycles. The Morgan fingerprint density at radius 1 is 1.04 bits per heavy atom. The molecule has 0 saturated heterocycles. The van der Waals surface area contributed by atoms with Crippen LogP contribution in [0.5, 0.6) is 0 Å². The van der Waals surface area contributed by atoms with Gasteiger partial charge in [0.1, 0.15) is 5.00 Å². The molecule has 1 aromatic heterocycles. The number of non-ortho nitro benzene ring substituents is 1. The first kappa shape index (κ1) is 19.2. The number of amides is 2. The zero-order valence-electron chi connectivity index (χ0n) is 14.8. The number of nitro benzene ring substituents is 1. The van der Waals surface area contributed by atoms with Crippen molar-refractivity contribution in [3.63, 3.8) is 0 Å². The molecule has 0 aliphatic rings. The van der Waals surface area contributed by atoms with E-state index in [0.717, 1.165) is 10.4 Å². The number of nitrogens with zero attached hydrogens (tertiary/aromatic N) is 1. The van der Waals surface area contributed by atoms with Gasteiger partial charge in [0.2, 0.25) is 5.91 Å². The van der Waals surface area contributed by atoms with E-state index in [1.165, 1.54) is 35.6 Å². The van der Waals surface area contributed by atoms with Crippen LogP contribution in [0.25, 0.3) is 0 Å². The van der Waals surface area contributed by atoms with Crippen LogP contribution in [0, 0.1) is 10.1 Å². The molecule has 28 heavy (non-hydrogen) atoms. The highest BCUT2D eigenvalue weighted by molar-refractivity contribution is 7.16. The second kappa shape index (κ2) is 8.45. The van der Waals surface area contributed by atoms with Crippen LogP contribution in [0.15, 0.2) is 60.7 Å². The van der Waals surface area contributed by atoms with Gasteiger partial charge >= 0.3 is 0 Å². The molecule has 0 aliphatic heterocycles. The fraction of sp³-hybridized carbons (Fsp3) is 0.100. The number of nitro groups is 1. The Bertz CT molecular complexity index is 1010. The molecule has 0 unspecified atom stereocenters. The standard InChI is InChI=1S/C20H17N3O4S/c21-19(25)17-12-16(10-13-4-2-1-3-5-13)28-20(17)22-18(24)11-14-6-8-15(9-7-14)23(26)27/h1-9,12H,10-11H2,(H2,21,25)(H,22,24). The van der Waals surface area contributed by atoms with Crippen LogP contribution in [0.4, 0.5) is 10.7 Å². The highest BCUT2D eigenvalue weighted by Gasteiger charge is 2.17. The third kappa shape index (κ3) is 4.80. The number of carbonyl (C=O) groups is 2. The maximum absolute atomic E-state index is 12.4. The Morgan fingerprint density at radius 3 is 2.32 bits per heavy atom. The second-order valence-electron chi connectivity index (χ2n) is 6.13. The second-order valence-corrected chi connectivity index (χ2v) is 7.27. The fourth-order valence-corrected chi connectivity index (χ4v) is 3.81. The van der Waals surface area contributed by atoms with Crippen molar-refractivity contribution in [2.24, 2.45) is 5.73 Å². The van der Waals surface area contributed by atoms with E-state index in [-0.39, 0.29) is 23.6 Å². The third-order valence-corrected chi connectivity index (χ3v) is 5.09. The van der Waals surface area contributed by atoms with Crippen molar-refractivity contribution in [3.05, 3.63) is 92.3 Å². The molecule has 3 aromatic rings. The minimum atomic E-state index is -0.610. The van der Waals surface area contributed by atoms with Gasteiger partial charge in [0.15, 0.2) is 0 Å². The highest BCUT2D eigenvalue weighted by Crippen LogP contribution is 2.30. The van der Waals surface area contributed by atoms with Gasteiger partial charge in [-0.15, -0.1) is 11.3 Å². The van der Waals surface area contributed by atoms with Crippen LogP contribution in [0.3, 0.4) is 0 Å². The van der Waals surface area contributed by atoms with E-state index in [4.69, 9.17) is 5.73 Å². The van der Waals surface area contributed by atoms with E-state index >= 15 is 0 Å². The monoisotopic (exact) mass is 395 g/mol. The highest BCUT2D eigenvalue weighted by atomic mass is 32.1. The van der Waals surface area contributed by atoms with Crippen LogP contribution >= 0.6 is 11.3 Å². The maximum Gasteiger partial charge on any atom is 0.269 e. The lowest BCUT2D eigenvalue weighted by molar-refractivity contribution is -0.384. The summed E-state index contributed by atoms with van der Waals surface area (Å²) in [5, 5.41) is 13.8. The van der Waals surface area contributed by atoms with Crippen molar-refractivity contribution in [1.29, 1.82) is 0 Å². The summed E-state index contributed by atoms with van der Waals surface area (Å²) in [6.07, 6.45) is 0.659. The van der Waals surface area contributed by atoms with Gasteiger partial charge in [-0.3, -0.25) is 19.7 Å². The zero-order chi connectivity index (χ0) is 20.1. The van der Waals surface area contributed by atoms with Crippen LogP contribution in [-0.2, 0) is 17.6 Å². The Kier molecular flexibility index (Phi) is 5.81. The van der Waals surface area contributed by atoms with Gasteiger partial charge in [-0.2, -0.15) is 0 Å². The molecule has 0 fully saturated rings. The molecule has 142 valence electrons. The largest absolute Gasteiger partial charge is 0.366 e. The maximum atomic E-state index is 12.4. The van der Waals surface area contributed by atoms with Gasteiger partial charge < -0.3 is 11.1 Å². The topological polar surface area (TPSA) is 115 Å². The van der Waals surface area contributed by atoms with Crippen LogP contribution in [0.1, 0.15) is 26.4 Å². The minimum absolute atomic E-state index is 0.0299. The van der Waals surface area contributed by atoms with Crippen molar-refractivity contribution < 1.29 is 14.5 Å². The SMILES string of the molecule is NC(=O)c1cc(Cc2ccccc2)sc1NC(=O)Cc1ccc([N+](=O)[O-])cc1. The number of anilines is 1. The lowest BCUT2D eigenvalue weighted by Crippen LogP contribution is -2.17. The first-order valence-electron chi connectivity index (χ1n) is 8.42. The van der Waals surface area contributed by atoms with E-state index < -0.39 is 10.8 Å². The lowest BCUT2D eigenvalue weighted by atomic mass is 10.1. The van der Waals surface area contributed by atoms with Crippen molar-refractivity contribution in [1.82, 2.24) is 0 Å². The number of benzene rings is 2. The molecule has 2 amide bonds. The molecular weight excluding hydrogens is 378 g/mol. The van der Waals surface area contributed by atoms with Gasteiger partial charge in [0.05, 0.1) is 16.9 Å². The molecule has 0 spiro atoms. The average molecular weight is 395 g/mol. The molecular formula is C20H17N3O4S. The fourth-order valence-electron chi connectivity index (χ4n) is 2.69. The quantitative estimate of drug-likeness (QED) is 0.470. The Morgan fingerprint density at radius 2 is 1.71 bits per heavy atom. The summed E-state index contributed by atoms with van der Waals surface area (Å²) in [4.78, 5) is 35.2. The number of nitrogens with two attached hydrogens (primary N) is 1. The zero-order valence-corrected chi connectivity index (χ0v) is 15.6. The molecule has 7 nitrogen and oxygen atoms in total. The molecule has 3 rings (SSSR count). The van der Waals surface area contributed by atoms with E-state index in [1.54, 1.807) is 6.07 Å². The van der Waals surface area contributed by atoms with Crippen molar-refractivity contribution in [3.8, 4) is 0 Å². The van der Waals surface area contributed by atoms with E-state index in [1.807, 2.05) is 30.3 Å². The molecule has 0 bridgehead atoms. The Balaban J connectivity index is 1.72. The summed E-state index contributed by atoms with van der Waals surface area (Å²) < 4.78 is 0. The molecule has 3 N–H and O–H groups in total. The molecule has 0 aliphatic carbocycles. The van der Waals surface area contributed by atoms with Gasteiger partial charge in [-0.1, -0.05) is 42.5 Å². The third-order valence-electron chi connectivity index (χ3n) is 4.03. The van der Waals surface area contributed by atoms with E-state index in [9.17, 15) is 19.7 Å². The van der Waals surface area contributed by atoms with Crippen molar-refractivity contribution in [2.45, 2.75) is 12.8 Å². The molecule has 2 aromatic carbocycles. The van der Waals surface area contributed by atoms with Gasteiger partial charge in [0.25, 0.3) is 11.6 Å². The average Bonchev–Trinajstić information content (AvgIpc) is 3.05. The van der Waals surface area contributed by atoms with Crippen molar-refractivity contribution >= 4 is 33.8 Å². The molecule has 0 atom stereocenters. The molecule has 1 heterocycles. The van der Waals surface area contributed by atoms with Crippen LogP contribution < -0.4 is 11.1 Å². The summed E-state index contributed by atoms with van der Waals surface area (Å²) in [7, 11) is 0. The number of primary amides is 1. The summed E-state index contributed by atoms with van der Waals surface area (Å²) in [5.41, 5.74) is 7.40. The normalized spacial score (nSPS) is 10.4. The summed E-state index contributed by atoms with van der Waals surface area (Å²) in [5.74, 6) is -0.939. The van der Waals surface area contributed by atoms with Gasteiger partial charge in [-0.05, 0) is 17.2 Å². The number of nitrogens with one attached hydrogen (secondary N) is 1. The molecule has 8 heteroatoms. The van der Waals surface area contributed by atoms with Crippen LogP contribution in [-0.4, -0.2) is 16.7 Å². The van der Waals surface area contributed by atoms with Gasteiger partial charge in [-0.25, -0.2) is 0 Å². The number of hydrogen-bond donors (Lipinski definition) is 2. The summed E-state index contributed by atoms with van der Waals surface area (Å²) in [6.45, 7) is 0. The number of carbonyl (C=O) groups excluding carboxylic acids is 2. The first-order valence-corrected chi connectivity index (χ1v) is 9.23. The number of rotatable bonds is 7. The minimum Gasteiger partial charge on any atom is -0.366 e. The predicted molar refractivity (Wildman–Crippen MR) is 108 cm³/mol. The van der Waals surface area contributed by atoms with Gasteiger partial charge in [0, 0.05) is 23.4 Å². The van der Waals surface area contributed by atoms with E-state index in [0.29, 0.717) is 17.0 Å². The van der Waals surface area contributed by atoms with Crippen molar-refractivity contribution in [2.75, 3.05) is 5.32 Å². The summed E-state index contributed by atoms with van der Waals surface area (Å²) in [6, 6.07) is 17.2. The lowest BCUT2D eigenvalue weighted by Gasteiger charge is -2.05. The Labute approximate surface area is 165 Å². The first-order chi connectivity index (χ1) is 13.4. The van der Waals surface area contributed by atoms with E-state index in [2.05, 4.69) is 5.32 Å². The summed E-state index contributed by atoms with van der Waals surface area (Å²) >= 11 is 1.31.